The Balaban J connectivity index is 2.33. The fourth-order valence-corrected chi connectivity index (χ4v) is 2.84. The van der Waals surface area contributed by atoms with Crippen LogP contribution in [0.15, 0.2) is 33.8 Å². The zero-order chi connectivity index (χ0) is 11.5. The molecule has 0 aliphatic rings. The van der Waals surface area contributed by atoms with Gasteiger partial charge in [-0.15, -0.1) is 0 Å². The number of hydrogen-bond acceptors (Lipinski definition) is 5. The van der Waals surface area contributed by atoms with E-state index in [0.29, 0.717) is 5.56 Å². The molecule has 84 valence electrons. The molecule has 1 aromatic heterocycles. The lowest BCUT2D eigenvalue weighted by atomic mass is 10.1. The van der Waals surface area contributed by atoms with E-state index in [0.717, 1.165) is 9.24 Å². The van der Waals surface area contributed by atoms with Crippen LogP contribution in [-0.2, 0) is 0 Å². The van der Waals surface area contributed by atoms with Crippen molar-refractivity contribution in [3.8, 4) is 0 Å². The van der Waals surface area contributed by atoms with E-state index in [-0.39, 0.29) is 5.82 Å². The number of aliphatic hydroxyl groups excluding tert-OH is 1. The Labute approximate surface area is 101 Å². The molecule has 0 saturated carbocycles. The van der Waals surface area contributed by atoms with Gasteiger partial charge in [-0.1, -0.05) is 11.8 Å². The van der Waals surface area contributed by atoms with Gasteiger partial charge >= 0.3 is 0 Å². The van der Waals surface area contributed by atoms with E-state index >= 15 is 0 Å². The summed E-state index contributed by atoms with van der Waals surface area (Å²) in [6.07, 6.45) is 0.768. The van der Waals surface area contributed by atoms with Gasteiger partial charge in [0.15, 0.2) is 4.34 Å². The average molecular weight is 256 g/mol. The second kappa shape index (κ2) is 4.90. The van der Waals surface area contributed by atoms with Gasteiger partial charge in [0, 0.05) is 4.90 Å². The molecule has 0 spiro atoms. The van der Waals surface area contributed by atoms with Gasteiger partial charge in [-0.25, -0.2) is 9.37 Å². The van der Waals surface area contributed by atoms with Crippen LogP contribution in [-0.4, -0.2) is 14.5 Å². The molecule has 1 N–H and O–H groups in total. The third kappa shape index (κ3) is 2.58. The Morgan fingerprint density at radius 3 is 2.94 bits per heavy atom. The zero-order valence-corrected chi connectivity index (χ0v) is 10.1. The van der Waals surface area contributed by atoms with Gasteiger partial charge in [-0.05, 0) is 42.2 Å². The number of hydrogen-bond donors (Lipinski definition) is 1. The largest absolute Gasteiger partial charge is 0.389 e. The minimum atomic E-state index is -0.703. The number of halogens is 1. The van der Waals surface area contributed by atoms with E-state index in [4.69, 9.17) is 0 Å². The SMILES string of the molecule is CC(O)c1cc(F)ccc1Sc1ncns1. The summed E-state index contributed by atoms with van der Waals surface area (Å²) >= 11 is 2.65. The van der Waals surface area contributed by atoms with Crippen LogP contribution in [0, 0.1) is 5.82 Å². The van der Waals surface area contributed by atoms with Gasteiger partial charge in [0.2, 0.25) is 0 Å². The molecule has 1 aromatic carbocycles. The van der Waals surface area contributed by atoms with Crippen molar-refractivity contribution >= 4 is 23.3 Å². The van der Waals surface area contributed by atoms with E-state index in [1.165, 1.54) is 41.8 Å². The predicted octanol–water partition coefficient (Wildman–Crippen LogP) is 2.88. The number of benzene rings is 1. The molecule has 0 amide bonds. The van der Waals surface area contributed by atoms with Crippen molar-refractivity contribution in [2.75, 3.05) is 0 Å². The molecule has 6 heteroatoms. The minimum Gasteiger partial charge on any atom is -0.389 e. The molecule has 1 atom stereocenters. The lowest BCUT2D eigenvalue weighted by molar-refractivity contribution is 0.196. The smallest absolute Gasteiger partial charge is 0.174 e. The number of rotatable bonds is 3. The quantitative estimate of drug-likeness (QED) is 0.917. The summed E-state index contributed by atoms with van der Waals surface area (Å²) in [7, 11) is 0. The summed E-state index contributed by atoms with van der Waals surface area (Å²) in [5, 5.41) is 9.54. The molecule has 0 bridgehead atoms. The zero-order valence-electron chi connectivity index (χ0n) is 8.42. The van der Waals surface area contributed by atoms with Crippen LogP contribution in [0.25, 0.3) is 0 Å². The number of nitrogens with zero attached hydrogens (tertiary/aromatic N) is 2. The molecule has 0 radical (unpaired) electrons. The number of aliphatic hydroxyl groups is 1. The highest BCUT2D eigenvalue weighted by atomic mass is 32.2. The molecule has 2 aromatic rings. The van der Waals surface area contributed by atoms with Crippen molar-refractivity contribution in [3.63, 3.8) is 0 Å². The highest BCUT2D eigenvalue weighted by Crippen LogP contribution is 2.33. The maximum Gasteiger partial charge on any atom is 0.174 e. The Morgan fingerprint density at radius 2 is 2.31 bits per heavy atom. The lowest BCUT2D eigenvalue weighted by Crippen LogP contribution is -1.95. The van der Waals surface area contributed by atoms with Crippen LogP contribution >= 0.6 is 23.3 Å². The predicted molar refractivity (Wildman–Crippen MR) is 61.1 cm³/mol. The highest BCUT2D eigenvalue weighted by Gasteiger charge is 2.11. The van der Waals surface area contributed by atoms with Crippen molar-refractivity contribution in [2.45, 2.75) is 22.3 Å². The van der Waals surface area contributed by atoms with Crippen molar-refractivity contribution in [1.29, 1.82) is 0 Å². The van der Waals surface area contributed by atoms with Gasteiger partial charge in [0.25, 0.3) is 0 Å². The van der Waals surface area contributed by atoms with E-state index in [2.05, 4.69) is 9.36 Å². The summed E-state index contributed by atoms with van der Waals surface area (Å²) in [4.78, 5) is 4.83. The Kier molecular flexibility index (Phi) is 3.52. The maximum atomic E-state index is 13.0. The van der Waals surface area contributed by atoms with Crippen LogP contribution in [0.4, 0.5) is 4.39 Å². The van der Waals surface area contributed by atoms with Crippen LogP contribution in [0.1, 0.15) is 18.6 Å². The molecule has 3 nitrogen and oxygen atoms in total. The van der Waals surface area contributed by atoms with Crippen molar-refractivity contribution in [2.24, 2.45) is 0 Å². The van der Waals surface area contributed by atoms with Crippen molar-refractivity contribution < 1.29 is 9.50 Å². The average Bonchev–Trinajstić information content (AvgIpc) is 2.73. The maximum absolute atomic E-state index is 13.0. The summed E-state index contributed by atoms with van der Waals surface area (Å²) in [5.74, 6) is -0.350. The molecule has 1 heterocycles. The number of aromatic nitrogens is 2. The standard InChI is InChI=1S/C10H9FN2OS2/c1-6(14)8-4-7(11)2-3-9(8)15-10-12-5-13-16-10/h2-6,14H,1H3. The van der Waals surface area contributed by atoms with Gasteiger partial charge < -0.3 is 5.11 Å². The molecule has 0 aliphatic carbocycles. The van der Waals surface area contributed by atoms with Gasteiger partial charge in [0.05, 0.1) is 6.10 Å². The van der Waals surface area contributed by atoms with Crippen LogP contribution in [0.2, 0.25) is 0 Å². The van der Waals surface area contributed by atoms with Gasteiger partial charge in [-0.3, -0.25) is 0 Å². The minimum absolute atomic E-state index is 0.350. The van der Waals surface area contributed by atoms with Crippen LogP contribution in [0.3, 0.4) is 0 Å². The first-order chi connectivity index (χ1) is 7.66. The Morgan fingerprint density at radius 1 is 1.50 bits per heavy atom. The fourth-order valence-electron chi connectivity index (χ4n) is 1.24. The van der Waals surface area contributed by atoms with Gasteiger partial charge in [0.1, 0.15) is 12.1 Å². The van der Waals surface area contributed by atoms with E-state index in [1.54, 1.807) is 13.0 Å². The second-order valence-electron chi connectivity index (χ2n) is 3.17. The highest BCUT2D eigenvalue weighted by molar-refractivity contribution is 8.01. The first-order valence-electron chi connectivity index (χ1n) is 4.59. The molecule has 0 aliphatic heterocycles. The third-order valence-corrected chi connectivity index (χ3v) is 3.77. The molecule has 16 heavy (non-hydrogen) atoms. The normalized spacial score (nSPS) is 12.7. The Hall–Kier alpha value is -0.980. The lowest BCUT2D eigenvalue weighted by Gasteiger charge is -2.10. The summed E-state index contributed by atoms with van der Waals surface area (Å²) in [6.45, 7) is 1.61. The van der Waals surface area contributed by atoms with E-state index in [9.17, 15) is 9.50 Å². The molecule has 1 unspecified atom stereocenters. The Bertz CT molecular complexity index is 474. The topological polar surface area (TPSA) is 46.0 Å². The summed E-state index contributed by atoms with van der Waals surface area (Å²) in [5.41, 5.74) is 0.570. The fraction of sp³-hybridized carbons (Fsp3) is 0.200. The third-order valence-electron chi connectivity index (χ3n) is 1.96. The monoisotopic (exact) mass is 256 g/mol. The molecular weight excluding hydrogens is 247 g/mol. The molecule has 0 fully saturated rings. The molecule has 2 rings (SSSR count). The van der Waals surface area contributed by atoms with Crippen LogP contribution in [0.5, 0.6) is 0 Å². The molecular formula is C10H9FN2OS2. The first-order valence-corrected chi connectivity index (χ1v) is 6.18. The second-order valence-corrected chi connectivity index (χ2v) is 5.24. The summed E-state index contributed by atoms with van der Waals surface area (Å²) < 4.78 is 17.7. The van der Waals surface area contributed by atoms with Gasteiger partial charge in [-0.2, -0.15) is 4.37 Å². The van der Waals surface area contributed by atoms with E-state index < -0.39 is 6.10 Å². The van der Waals surface area contributed by atoms with Crippen molar-refractivity contribution in [3.05, 3.63) is 35.9 Å². The summed E-state index contributed by atoms with van der Waals surface area (Å²) in [6, 6.07) is 4.35. The first kappa shape index (κ1) is 11.5. The van der Waals surface area contributed by atoms with Crippen LogP contribution < -0.4 is 0 Å². The molecule has 0 saturated heterocycles. The van der Waals surface area contributed by atoms with Crippen molar-refractivity contribution in [1.82, 2.24) is 9.36 Å². The van der Waals surface area contributed by atoms with E-state index in [1.807, 2.05) is 0 Å².